The molecule has 1 saturated heterocycles. The van der Waals surface area contributed by atoms with Gasteiger partial charge in [0.25, 0.3) is 0 Å². The van der Waals surface area contributed by atoms with Crippen LogP contribution in [0.15, 0.2) is 72.8 Å². The van der Waals surface area contributed by atoms with Crippen LogP contribution in [-0.2, 0) is 14.3 Å². The van der Waals surface area contributed by atoms with Crippen molar-refractivity contribution >= 4 is 29.4 Å². The molecule has 5 rings (SSSR count). The molecule has 0 spiro atoms. The average Bonchev–Trinajstić information content (AvgIpc) is 3.26. The average molecular weight is 538 g/mol. The molecule has 38 heavy (non-hydrogen) atoms. The Hall–Kier alpha value is -3.58. The maximum absolute atomic E-state index is 14.2. The van der Waals surface area contributed by atoms with Gasteiger partial charge in [-0.25, -0.2) is 9.18 Å². The molecular formula is C30H29ClFNO5. The highest BCUT2D eigenvalue weighted by Crippen LogP contribution is 2.39. The van der Waals surface area contributed by atoms with Crippen molar-refractivity contribution in [3.8, 4) is 11.5 Å². The lowest BCUT2D eigenvalue weighted by Gasteiger charge is -2.25. The number of halogens is 2. The highest BCUT2D eigenvalue weighted by Gasteiger charge is 2.44. The molecule has 1 aliphatic heterocycles. The van der Waals surface area contributed by atoms with Gasteiger partial charge in [0.15, 0.2) is 6.10 Å². The van der Waals surface area contributed by atoms with Gasteiger partial charge in [-0.3, -0.25) is 9.69 Å². The van der Waals surface area contributed by atoms with Gasteiger partial charge in [0, 0.05) is 17.1 Å². The van der Waals surface area contributed by atoms with E-state index in [-0.39, 0.29) is 12.6 Å². The highest BCUT2D eigenvalue weighted by atomic mass is 35.5. The Morgan fingerprint density at radius 1 is 0.974 bits per heavy atom. The molecule has 0 aromatic heterocycles. The summed E-state index contributed by atoms with van der Waals surface area (Å²) in [6.45, 7) is -0.104. The molecule has 1 amide bonds. The first-order chi connectivity index (χ1) is 18.5. The molecule has 2 aliphatic rings. The van der Waals surface area contributed by atoms with Crippen LogP contribution in [0.3, 0.4) is 0 Å². The number of anilines is 1. The van der Waals surface area contributed by atoms with Crippen LogP contribution in [0.5, 0.6) is 11.5 Å². The first-order valence-corrected chi connectivity index (χ1v) is 13.3. The minimum atomic E-state index is -0.787. The van der Waals surface area contributed by atoms with E-state index in [0.717, 1.165) is 25.7 Å². The third-order valence-corrected chi connectivity index (χ3v) is 7.27. The fourth-order valence-electron chi connectivity index (χ4n) is 5.15. The predicted octanol–water partition coefficient (Wildman–Crippen LogP) is 7.85. The molecule has 1 aliphatic carbocycles. The van der Waals surface area contributed by atoms with E-state index in [4.69, 9.17) is 25.8 Å². The van der Waals surface area contributed by atoms with Crippen molar-refractivity contribution in [2.24, 2.45) is 5.92 Å². The molecule has 0 bridgehead atoms. The molecule has 8 heteroatoms. The Balaban J connectivity index is 1.32. The largest absolute Gasteiger partial charge is 0.462 e. The number of hydrogen-bond donors (Lipinski definition) is 0. The summed E-state index contributed by atoms with van der Waals surface area (Å²) in [6, 6.07) is 19.3. The number of ether oxygens (including phenoxy) is 3. The zero-order valence-electron chi connectivity index (χ0n) is 20.9. The van der Waals surface area contributed by atoms with Gasteiger partial charge < -0.3 is 14.2 Å². The highest BCUT2D eigenvalue weighted by molar-refractivity contribution is 6.30. The predicted molar refractivity (Wildman–Crippen MR) is 142 cm³/mol. The number of benzene rings is 3. The van der Waals surface area contributed by atoms with E-state index in [0.29, 0.717) is 40.1 Å². The molecule has 2 fully saturated rings. The van der Waals surface area contributed by atoms with Gasteiger partial charge in [0.05, 0.1) is 0 Å². The quantitative estimate of drug-likeness (QED) is 0.274. The standard InChI is InChI=1S/C30H29ClFNO5/c31-22-9-13-25(14-10-22)37-26-15-11-24(12-16-26)33-29(21-7-4-8-23(32)18-21)27(38-30(33)35)19-36-28(34)17-20-5-2-1-3-6-20/h4,7-16,18,20,27,29H,1-3,5-6,17,19H2/t27-,29-/m0/s1. The van der Waals surface area contributed by atoms with Gasteiger partial charge in [-0.1, -0.05) is 43.0 Å². The molecule has 2 atom stereocenters. The summed E-state index contributed by atoms with van der Waals surface area (Å²) in [7, 11) is 0. The topological polar surface area (TPSA) is 65.1 Å². The molecule has 198 valence electrons. The Morgan fingerprint density at radius 3 is 2.34 bits per heavy atom. The fourth-order valence-corrected chi connectivity index (χ4v) is 5.28. The third-order valence-electron chi connectivity index (χ3n) is 7.02. The molecule has 0 unspecified atom stereocenters. The molecule has 1 saturated carbocycles. The maximum atomic E-state index is 14.2. The fraction of sp³-hybridized carbons (Fsp3) is 0.333. The van der Waals surface area contributed by atoms with E-state index in [2.05, 4.69) is 0 Å². The summed E-state index contributed by atoms with van der Waals surface area (Å²) in [5.74, 6) is 0.802. The van der Waals surface area contributed by atoms with Crippen molar-refractivity contribution in [2.45, 2.75) is 50.7 Å². The maximum Gasteiger partial charge on any atom is 0.415 e. The van der Waals surface area contributed by atoms with Gasteiger partial charge in [0.1, 0.15) is 30.0 Å². The lowest BCUT2D eigenvalue weighted by Crippen LogP contribution is -2.31. The summed E-state index contributed by atoms with van der Waals surface area (Å²) in [6.07, 6.45) is 4.53. The molecule has 1 heterocycles. The van der Waals surface area contributed by atoms with Crippen LogP contribution in [0.25, 0.3) is 0 Å². The van der Waals surface area contributed by atoms with Gasteiger partial charge in [0.2, 0.25) is 0 Å². The van der Waals surface area contributed by atoms with Crippen molar-refractivity contribution in [3.05, 3.63) is 89.2 Å². The van der Waals surface area contributed by atoms with Crippen molar-refractivity contribution in [1.82, 2.24) is 0 Å². The molecule has 6 nitrogen and oxygen atoms in total. The first kappa shape index (κ1) is 26.0. The van der Waals surface area contributed by atoms with Crippen molar-refractivity contribution in [1.29, 1.82) is 0 Å². The van der Waals surface area contributed by atoms with Gasteiger partial charge in [-0.15, -0.1) is 0 Å². The minimum absolute atomic E-state index is 0.104. The normalized spacial score (nSPS) is 19.7. The second-order valence-corrected chi connectivity index (χ2v) is 10.2. The van der Waals surface area contributed by atoms with E-state index in [1.807, 2.05) is 0 Å². The zero-order valence-corrected chi connectivity index (χ0v) is 21.6. The lowest BCUT2D eigenvalue weighted by atomic mass is 9.87. The van der Waals surface area contributed by atoms with Crippen LogP contribution in [0.4, 0.5) is 14.9 Å². The van der Waals surface area contributed by atoms with Crippen molar-refractivity contribution in [3.63, 3.8) is 0 Å². The number of nitrogens with zero attached hydrogens (tertiary/aromatic N) is 1. The number of carbonyl (C=O) groups is 2. The second kappa shape index (κ2) is 11.9. The summed E-state index contributed by atoms with van der Waals surface area (Å²) < 4.78 is 31.3. The van der Waals surface area contributed by atoms with E-state index in [9.17, 15) is 14.0 Å². The van der Waals surface area contributed by atoms with Gasteiger partial charge in [-0.2, -0.15) is 0 Å². The van der Waals surface area contributed by atoms with Crippen molar-refractivity contribution in [2.75, 3.05) is 11.5 Å². The van der Waals surface area contributed by atoms with Crippen LogP contribution in [0.1, 0.15) is 50.1 Å². The second-order valence-electron chi connectivity index (χ2n) is 9.73. The monoisotopic (exact) mass is 537 g/mol. The number of hydrogen-bond acceptors (Lipinski definition) is 5. The lowest BCUT2D eigenvalue weighted by molar-refractivity contribution is -0.147. The van der Waals surface area contributed by atoms with Crippen LogP contribution < -0.4 is 9.64 Å². The number of rotatable bonds is 8. The Morgan fingerprint density at radius 2 is 1.66 bits per heavy atom. The van der Waals surface area contributed by atoms with Crippen LogP contribution >= 0.6 is 11.6 Å². The van der Waals surface area contributed by atoms with E-state index < -0.39 is 24.1 Å². The molecular weight excluding hydrogens is 509 g/mol. The number of amides is 1. The third kappa shape index (κ3) is 6.27. The molecule has 0 N–H and O–H groups in total. The van der Waals surface area contributed by atoms with Crippen LogP contribution in [-0.4, -0.2) is 24.8 Å². The summed E-state index contributed by atoms with van der Waals surface area (Å²) in [5.41, 5.74) is 1.09. The van der Waals surface area contributed by atoms with Crippen molar-refractivity contribution < 1.29 is 28.2 Å². The Bertz CT molecular complexity index is 1260. The summed E-state index contributed by atoms with van der Waals surface area (Å²) in [4.78, 5) is 27.1. The zero-order chi connectivity index (χ0) is 26.5. The van der Waals surface area contributed by atoms with E-state index in [1.54, 1.807) is 60.7 Å². The minimum Gasteiger partial charge on any atom is -0.462 e. The summed E-state index contributed by atoms with van der Waals surface area (Å²) >= 11 is 5.94. The number of esters is 1. The molecule has 3 aromatic carbocycles. The summed E-state index contributed by atoms with van der Waals surface area (Å²) in [5, 5.41) is 0.609. The number of cyclic esters (lactones) is 1. The molecule has 0 radical (unpaired) electrons. The van der Waals surface area contributed by atoms with Crippen LogP contribution in [0.2, 0.25) is 5.02 Å². The smallest absolute Gasteiger partial charge is 0.415 e. The van der Waals surface area contributed by atoms with E-state index in [1.165, 1.54) is 23.5 Å². The first-order valence-electron chi connectivity index (χ1n) is 12.9. The van der Waals surface area contributed by atoms with Crippen LogP contribution in [0, 0.1) is 11.7 Å². The Kier molecular flexibility index (Phi) is 8.13. The van der Waals surface area contributed by atoms with Gasteiger partial charge >= 0.3 is 12.1 Å². The SMILES string of the molecule is O=C(CC1CCCCC1)OC[C@@H]1OC(=O)N(c2ccc(Oc3ccc(Cl)cc3)cc2)[C@H]1c1cccc(F)c1. The Labute approximate surface area is 226 Å². The van der Waals surface area contributed by atoms with E-state index >= 15 is 0 Å². The number of carbonyl (C=O) groups excluding carboxylic acids is 2. The molecule has 3 aromatic rings. The van der Waals surface area contributed by atoms with Gasteiger partial charge in [-0.05, 0) is 85.0 Å².